The van der Waals surface area contributed by atoms with Gasteiger partial charge in [0.1, 0.15) is 5.75 Å². The summed E-state index contributed by atoms with van der Waals surface area (Å²) in [6.45, 7) is 4.43. The largest absolute Gasteiger partial charge is 0.497 e. The van der Waals surface area contributed by atoms with Crippen LogP contribution in [0.3, 0.4) is 0 Å². The fraction of sp³-hybridized carbons (Fsp3) is 0.375. The first-order valence-corrected chi connectivity index (χ1v) is 10.5. The summed E-state index contributed by atoms with van der Waals surface area (Å²) in [5, 5.41) is 8.71. The van der Waals surface area contributed by atoms with Gasteiger partial charge < -0.3 is 10.1 Å². The Morgan fingerprint density at radius 2 is 1.87 bits per heavy atom. The van der Waals surface area contributed by atoms with Crippen molar-refractivity contribution >= 4 is 16.7 Å². The number of rotatable bonds is 4. The SMILES string of the molecule is COc1cccc(-n2nc(C(=O)N[C@@H]3CCC[C@H](C)[C@H]3C)c3ccccc3c2=O)c1. The number of hydrogen-bond donors (Lipinski definition) is 1. The maximum Gasteiger partial charge on any atom is 0.279 e. The first-order chi connectivity index (χ1) is 14.5. The highest BCUT2D eigenvalue weighted by molar-refractivity contribution is 6.05. The molecule has 4 rings (SSSR count). The molecule has 1 aliphatic rings. The van der Waals surface area contributed by atoms with Crippen LogP contribution < -0.4 is 15.6 Å². The van der Waals surface area contributed by atoms with Crippen LogP contribution in [0.5, 0.6) is 5.75 Å². The fourth-order valence-electron chi connectivity index (χ4n) is 4.30. The van der Waals surface area contributed by atoms with E-state index in [-0.39, 0.29) is 23.2 Å². The number of carbonyl (C=O) groups excluding carboxylic acids is 1. The molecular formula is C24H27N3O3. The molecule has 3 aromatic rings. The van der Waals surface area contributed by atoms with Crippen LogP contribution in [0.2, 0.25) is 0 Å². The molecule has 3 atom stereocenters. The van der Waals surface area contributed by atoms with Gasteiger partial charge in [0.2, 0.25) is 0 Å². The van der Waals surface area contributed by atoms with Gasteiger partial charge in [0.05, 0.1) is 18.2 Å². The molecule has 156 valence electrons. The summed E-state index contributed by atoms with van der Waals surface area (Å²) in [5.74, 6) is 1.34. The Labute approximate surface area is 175 Å². The van der Waals surface area contributed by atoms with Crippen molar-refractivity contribution in [1.29, 1.82) is 0 Å². The monoisotopic (exact) mass is 405 g/mol. The number of aromatic nitrogens is 2. The normalized spacial score (nSPS) is 21.4. The third-order valence-corrected chi connectivity index (χ3v) is 6.34. The van der Waals surface area contributed by atoms with Gasteiger partial charge in [-0.2, -0.15) is 9.78 Å². The van der Waals surface area contributed by atoms with E-state index in [4.69, 9.17) is 4.74 Å². The molecule has 0 spiro atoms. The number of amides is 1. The van der Waals surface area contributed by atoms with Gasteiger partial charge in [-0.05, 0) is 36.5 Å². The smallest absolute Gasteiger partial charge is 0.279 e. The lowest BCUT2D eigenvalue weighted by atomic mass is 9.78. The Morgan fingerprint density at radius 1 is 1.10 bits per heavy atom. The Balaban J connectivity index is 1.80. The van der Waals surface area contributed by atoms with Crippen molar-refractivity contribution in [3.05, 3.63) is 64.6 Å². The van der Waals surface area contributed by atoms with E-state index in [0.717, 1.165) is 12.8 Å². The fourth-order valence-corrected chi connectivity index (χ4v) is 4.30. The highest BCUT2D eigenvalue weighted by Gasteiger charge is 2.29. The predicted molar refractivity (Wildman–Crippen MR) is 117 cm³/mol. The number of methoxy groups -OCH3 is 1. The lowest BCUT2D eigenvalue weighted by Crippen LogP contribution is -2.44. The maximum absolute atomic E-state index is 13.3. The average Bonchev–Trinajstić information content (AvgIpc) is 2.77. The number of fused-ring (bicyclic) bond motifs is 1. The van der Waals surface area contributed by atoms with Crippen molar-refractivity contribution in [3.63, 3.8) is 0 Å². The summed E-state index contributed by atoms with van der Waals surface area (Å²) in [4.78, 5) is 26.4. The molecule has 1 heterocycles. The lowest BCUT2D eigenvalue weighted by molar-refractivity contribution is 0.0886. The van der Waals surface area contributed by atoms with E-state index in [9.17, 15) is 9.59 Å². The van der Waals surface area contributed by atoms with Crippen LogP contribution in [0, 0.1) is 11.8 Å². The van der Waals surface area contributed by atoms with Crippen LogP contribution >= 0.6 is 0 Å². The van der Waals surface area contributed by atoms with Gasteiger partial charge in [-0.1, -0.05) is 51.0 Å². The van der Waals surface area contributed by atoms with Gasteiger partial charge in [-0.3, -0.25) is 9.59 Å². The molecule has 1 fully saturated rings. The second-order valence-corrected chi connectivity index (χ2v) is 8.16. The molecule has 6 heteroatoms. The Morgan fingerprint density at radius 3 is 2.63 bits per heavy atom. The summed E-state index contributed by atoms with van der Waals surface area (Å²) in [6.07, 6.45) is 3.26. The zero-order chi connectivity index (χ0) is 21.3. The Bertz CT molecular complexity index is 1140. The van der Waals surface area contributed by atoms with Crippen LogP contribution in [0.4, 0.5) is 0 Å². The van der Waals surface area contributed by atoms with Gasteiger partial charge in [-0.25, -0.2) is 0 Å². The van der Waals surface area contributed by atoms with E-state index in [0.29, 0.717) is 34.0 Å². The van der Waals surface area contributed by atoms with Crippen LogP contribution in [0.15, 0.2) is 53.3 Å². The predicted octanol–water partition coefficient (Wildman–Crippen LogP) is 3.95. The van der Waals surface area contributed by atoms with E-state index >= 15 is 0 Å². The highest BCUT2D eigenvalue weighted by Crippen LogP contribution is 2.30. The van der Waals surface area contributed by atoms with Crippen LogP contribution in [0.1, 0.15) is 43.6 Å². The molecular weight excluding hydrogens is 378 g/mol. The van der Waals surface area contributed by atoms with Crippen LogP contribution in [-0.2, 0) is 0 Å². The molecule has 1 aromatic heterocycles. The number of ether oxygens (including phenoxy) is 1. The standard InChI is InChI=1S/C24H27N3O3/c1-15-8-6-13-21(16(15)2)25-23(28)22-19-11-4-5-12-20(19)24(29)27(26-22)17-9-7-10-18(14-17)30-3/h4-5,7,9-12,14-16,21H,6,8,13H2,1-3H3,(H,25,28)/t15-,16+,21+/m0/s1. The lowest BCUT2D eigenvalue weighted by Gasteiger charge is -2.34. The molecule has 0 radical (unpaired) electrons. The third-order valence-electron chi connectivity index (χ3n) is 6.34. The topological polar surface area (TPSA) is 73.2 Å². The Hall–Kier alpha value is -3.15. The molecule has 1 aliphatic carbocycles. The molecule has 30 heavy (non-hydrogen) atoms. The highest BCUT2D eigenvalue weighted by atomic mass is 16.5. The number of carbonyl (C=O) groups is 1. The molecule has 1 saturated carbocycles. The summed E-state index contributed by atoms with van der Waals surface area (Å²) < 4.78 is 6.57. The van der Waals surface area contributed by atoms with Crippen LogP contribution in [-0.4, -0.2) is 28.8 Å². The quantitative estimate of drug-likeness (QED) is 0.713. The van der Waals surface area contributed by atoms with Gasteiger partial charge in [0.15, 0.2) is 5.69 Å². The molecule has 1 amide bonds. The summed E-state index contributed by atoms with van der Waals surface area (Å²) in [7, 11) is 1.57. The van der Waals surface area contributed by atoms with Gasteiger partial charge in [0, 0.05) is 17.5 Å². The number of benzene rings is 2. The van der Waals surface area contributed by atoms with Gasteiger partial charge in [0.25, 0.3) is 11.5 Å². The van der Waals surface area contributed by atoms with Crippen molar-refractivity contribution in [2.45, 2.75) is 39.2 Å². The minimum absolute atomic E-state index is 0.110. The summed E-state index contributed by atoms with van der Waals surface area (Å²) in [5.41, 5.74) is 0.548. The van der Waals surface area contributed by atoms with E-state index < -0.39 is 0 Å². The summed E-state index contributed by atoms with van der Waals surface area (Å²) >= 11 is 0. The molecule has 0 unspecified atom stereocenters. The van der Waals surface area contributed by atoms with E-state index in [2.05, 4.69) is 24.3 Å². The first kappa shape index (κ1) is 20.1. The second-order valence-electron chi connectivity index (χ2n) is 8.16. The molecule has 0 bridgehead atoms. The minimum atomic E-state index is -0.268. The Kier molecular flexibility index (Phi) is 5.57. The number of hydrogen-bond acceptors (Lipinski definition) is 4. The van der Waals surface area contributed by atoms with Crippen molar-refractivity contribution in [1.82, 2.24) is 15.1 Å². The molecule has 0 aliphatic heterocycles. The minimum Gasteiger partial charge on any atom is -0.497 e. The van der Waals surface area contributed by atoms with E-state index in [1.54, 1.807) is 49.6 Å². The number of nitrogens with zero attached hydrogens (tertiary/aromatic N) is 2. The molecule has 1 N–H and O–H groups in total. The second kappa shape index (κ2) is 8.30. The van der Waals surface area contributed by atoms with E-state index in [1.807, 2.05) is 6.07 Å². The van der Waals surface area contributed by atoms with Gasteiger partial charge >= 0.3 is 0 Å². The molecule has 0 saturated heterocycles. The van der Waals surface area contributed by atoms with Crippen LogP contribution in [0.25, 0.3) is 16.5 Å². The first-order valence-electron chi connectivity index (χ1n) is 10.5. The molecule has 6 nitrogen and oxygen atoms in total. The molecule has 2 aromatic carbocycles. The zero-order valence-electron chi connectivity index (χ0n) is 17.6. The van der Waals surface area contributed by atoms with Gasteiger partial charge in [-0.15, -0.1) is 0 Å². The average molecular weight is 405 g/mol. The summed E-state index contributed by atoms with van der Waals surface area (Å²) in [6, 6.07) is 14.3. The number of nitrogens with one attached hydrogen (secondary N) is 1. The van der Waals surface area contributed by atoms with Crippen molar-refractivity contribution in [2.24, 2.45) is 11.8 Å². The van der Waals surface area contributed by atoms with Crippen molar-refractivity contribution in [3.8, 4) is 11.4 Å². The zero-order valence-corrected chi connectivity index (χ0v) is 17.6. The van der Waals surface area contributed by atoms with Crippen molar-refractivity contribution in [2.75, 3.05) is 7.11 Å². The van der Waals surface area contributed by atoms with E-state index in [1.165, 1.54) is 11.1 Å². The third kappa shape index (κ3) is 3.70. The maximum atomic E-state index is 13.3. The van der Waals surface area contributed by atoms with Crippen molar-refractivity contribution < 1.29 is 9.53 Å².